The fourth-order valence-electron chi connectivity index (χ4n) is 2.69. The number of rotatable bonds is 4. The van der Waals surface area contributed by atoms with Crippen LogP contribution in [0.25, 0.3) is 10.2 Å². The first-order valence-electron chi connectivity index (χ1n) is 7.90. The van der Waals surface area contributed by atoms with E-state index in [2.05, 4.69) is 4.99 Å². The van der Waals surface area contributed by atoms with E-state index in [-0.39, 0.29) is 10.5 Å². The van der Waals surface area contributed by atoms with Gasteiger partial charge in [-0.15, -0.1) is 0 Å². The lowest BCUT2D eigenvalue weighted by Crippen LogP contribution is -2.17. The van der Waals surface area contributed by atoms with Crippen molar-refractivity contribution in [3.63, 3.8) is 0 Å². The number of aryl methyl sites for hydroxylation is 1. The van der Waals surface area contributed by atoms with Crippen LogP contribution in [0.5, 0.6) is 5.75 Å². The third-order valence-corrected chi connectivity index (χ3v) is 6.12. The minimum atomic E-state index is -3.52. The van der Waals surface area contributed by atoms with Gasteiger partial charge in [0, 0.05) is 12.8 Å². The summed E-state index contributed by atoms with van der Waals surface area (Å²) in [5, 5.41) is 0. The molecule has 3 aromatic rings. The Labute approximate surface area is 155 Å². The van der Waals surface area contributed by atoms with E-state index in [0.29, 0.717) is 11.3 Å². The maximum absolute atomic E-state index is 12.7. The van der Waals surface area contributed by atoms with Crippen LogP contribution in [0.2, 0.25) is 0 Å². The Bertz CT molecular complexity index is 1160. The van der Waals surface area contributed by atoms with Gasteiger partial charge in [0.05, 0.1) is 27.8 Å². The molecule has 0 spiro atoms. The first-order chi connectivity index (χ1) is 12.3. The Morgan fingerprint density at radius 3 is 2.62 bits per heavy atom. The molecule has 1 heterocycles. The topological polar surface area (TPSA) is 77.7 Å². The smallest absolute Gasteiger partial charge is 0.280 e. The van der Waals surface area contributed by atoms with Gasteiger partial charge in [-0.2, -0.15) is 4.99 Å². The quantitative estimate of drug-likeness (QED) is 0.686. The molecule has 0 bridgehead atoms. The first kappa shape index (κ1) is 18.3. The highest BCUT2D eigenvalue weighted by atomic mass is 32.2. The number of aromatic nitrogens is 1. The number of carbonyl (C=O) groups excluding carboxylic acids is 1. The van der Waals surface area contributed by atoms with Crippen molar-refractivity contribution in [2.45, 2.75) is 18.4 Å². The third-order valence-electron chi connectivity index (χ3n) is 3.92. The maximum atomic E-state index is 12.7. The number of methoxy groups -OCH3 is 1. The Hall–Kier alpha value is -2.45. The van der Waals surface area contributed by atoms with Gasteiger partial charge >= 0.3 is 0 Å². The van der Waals surface area contributed by atoms with Crippen LogP contribution in [-0.4, -0.2) is 32.3 Å². The molecule has 0 aliphatic heterocycles. The van der Waals surface area contributed by atoms with Gasteiger partial charge in [0.1, 0.15) is 5.75 Å². The summed E-state index contributed by atoms with van der Waals surface area (Å²) >= 11 is 1.36. The molecule has 0 fully saturated rings. The molecule has 0 aliphatic carbocycles. The van der Waals surface area contributed by atoms with Gasteiger partial charge in [0.15, 0.2) is 14.6 Å². The molecule has 136 valence electrons. The number of sulfone groups is 1. The second-order valence-corrected chi connectivity index (χ2v) is 8.64. The summed E-state index contributed by atoms with van der Waals surface area (Å²) in [6.45, 7) is 2.59. The number of hydrogen-bond acceptors (Lipinski definition) is 5. The highest BCUT2D eigenvalue weighted by Crippen LogP contribution is 2.23. The summed E-state index contributed by atoms with van der Waals surface area (Å²) < 4.78 is 32.0. The number of carbonyl (C=O) groups is 1. The molecule has 8 heteroatoms. The van der Waals surface area contributed by atoms with E-state index in [1.54, 1.807) is 19.2 Å². The summed E-state index contributed by atoms with van der Waals surface area (Å²) in [6, 6.07) is 11.8. The molecule has 0 radical (unpaired) electrons. The average molecular weight is 390 g/mol. The number of hydrogen-bond donors (Lipinski definition) is 0. The zero-order valence-electron chi connectivity index (χ0n) is 14.6. The van der Waals surface area contributed by atoms with Crippen LogP contribution in [0.15, 0.2) is 52.4 Å². The van der Waals surface area contributed by atoms with Gasteiger partial charge in [-0.25, -0.2) is 8.42 Å². The molecule has 0 N–H and O–H groups in total. The van der Waals surface area contributed by atoms with Crippen molar-refractivity contribution >= 4 is 37.3 Å². The minimum absolute atomic E-state index is 0.0143. The fourth-order valence-corrected chi connectivity index (χ4v) is 4.69. The van der Waals surface area contributed by atoms with E-state index in [0.717, 1.165) is 22.2 Å². The molecule has 0 unspecified atom stereocenters. The van der Waals surface area contributed by atoms with E-state index in [9.17, 15) is 13.2 Å². The lowest BCUT2D eigenvalue weighted by Gasteiger charge is -2.04. The molecule has 6 nitrogen and oxygen atoms in total. The zero-order valence-corrected chi connectivity index (χ0v) is 16.2. The summed E-state index contributed by atoms with van der Waals surface area (Å²) in [4.78, 5) is 17.4. The van der Waals surface area contributed by atoms with Crippen LogP contribution in [0.3, 0.4) is 0 Å². The SMILES string of the molecule is CCn1c(=NC(=O)c2ccccc2S(C)(=O)=O)sc2cc(OC)ccc21. The predicted octanol–water partition coefficient (Wildman–Crippen LogP) is 2.88. The zero-order chi connectivity index (χ0) is 18.9. The summed E-state index contributed by atoms with van der Waals surface area (Å²) in [6.07, 6.45) is 1.08. The van der Waals surface area contributed by atoms with Gasteiger partial charge in [-0.05, 0) is 37.3 Å². The highest BCUT2D eigenvalue weighted by molar-refractivity contribution is 7.90. The molecule has 26 heavy (non-hydrogen) atoms. The highest BCUT2D eigenvalue weighted by Gasteiger charge is 2.18. The van der Waals surface area contributed by atoms with Crippen LogP contribution in [0, 0.1) is 0 Å². The van der Waals surface area contributed by atoms with E-state index in [1.165, 1.54) is 23.5 Å². The summed E-state index contributed by atoms with van der Waals surface area (Å²) in [7, 11) is -1.92. The third kappa shape index (κ3) is 3.42. The molecule has 1 amide bonds. The molecule has 0 aliphatic rings. The Morgan fingerprint density at radius 1 is 1.23 bits per heavy atom. The lowest BCUT2D eigenvalue weighted by atomic mass is 10.2. The summed E-state index contributed by atoms with van der Waals surface area (Å²) in [5.74, 6) is 0.147. The van der Waals surface area contributed by atoms with Crippen molar-refractivity contribution in [3.05, 3.63) is 52.8 Å². The van der Waals surface area contributed by atoms with Crippen molar-refractivity contribution in [3.8, 4) is 5.75 Å². The van der Waals surface area contributed by atoms with Crippen LogP contribution in [-0.2, 0) is 16.4 Å². The largest absolute Gasteiger partial charge is 0.497 e. The molecular formula is C18H18N2O4S2. The van der Waals surface area contributed by atoms with Gasteiger partial charge < -0.3 is 9.30 Å². The molecule has 3 rings (SSSR count). The maximum Gasteiger partial charge on any atom is 0.280 e. The first-order valence-corrected chi connectivity index (χ1v) is 10.6. The second kappa shape index (κ2) is 7.05. The van der Waals surface area contributed by atoms with Crippen molar-refractivity contribution in [2.24, 2.45) is 4.99 Å². The monoisotopic (exact) mass is 390 g/mol. The lowest BCUT2D eigenvalue weighted by molar-refractivity contribution is 0.0994. The normalized spacial score (nSPS) is 12.5. The fraction of sp³-hybridized carbons (Fsp3) is 0.222. The Kier molecular flexibility index (Phi) is 4.97. The van der Waals surface area contributed by atoms with Crippen LogP contribution < -0.4 is 9.54 Å². The van der Waals surface area contributed by atoms with Crippen LogP contribution in [0.1, 0.15) is 17.3 Å². The number of benzene rings is 2. The standard InChI is InChI=1S/C18H18N2O4S2/c1-4-20-14-10-9-12(24-2)11-15(14)25-18(20)19-17(21)13-7-5-6-8-16(13)26(3,22)23/h5-11H,4H2,1-3H3. The molecule has 0 saturated carbocycles. The van der Waals surface area contributed by atoms with Crippen molar-refractivity contribution < 1.29 is 17.9 Å². The van der Waals surface area contributed by atoms with Gasteiger partial charge in [-0.1, -0.05) is 23.5 Å². The number of ether oxygens (including phenoxy) is 1. The molecule has 1 aromatic heterocycles. The van der Waals surface area contributed by atoms with Crippen molar-refractivity contribution in [1.82, 2.24) is 4.57 Å². The van der Waals surface area contributed by atoms with E-state index >= 15 is 0 Å². The van der Waals surface area contributed by atoms with Crippen LogP contribution >= 0.6 is 11.3 Å². The molecule has 0 atom stereocenters. The molecular weight excluding hydrogens is 372 g/mol. The van der Waals surface area contributed by atoms with Crippen LogP contribution in [0.4, 0.5) is 0 Å². The van der Waals surface area contributed by atoms with Crippen molar-refractivity contribution in [1.29, 1.82) is 0 Å². The van der Waals surface area contributed by atoms with Crippen molar-refractivity contribution in [2.75, 3.05) is 13.4 Å². The number of amides is 1. The van der Waals surface area contributed by atoms with E-state index < -0.39 is 15.7 Å². The Morgan fingerprint density at radius 2 is 1.96 bits per heavy atom. The summed E-state index contributed by atoms with van der Waals surface area (Å²) in [5.41, 5.74) is 1.02. The second-order valence-electron chi connectivity index (χ2n) is 5.65. The number of fused-ring (bicyclic) bond motifs is 1. The Balaban J connectivity index is 2.18. The number of thiazole rings is 1. The molecule has 2 aromatic carbocycles. The van der Waals surface area contributed by atoms with Gasteiger partial charge in [-0.3, -0.25) is 4.79 Å². The van der Waals surface area contributed by atoms with Gasteiger partial charge in [0.2, 0.25) is 0 Å². The molecule has 0 saturated heterocycles. The van der Waals surface area contributed by atoms with E-state index in [4.69, 9.17) is 4.74 Å². The number of nitrogens with zero attached hydrogens (tertiary/aromatic N) is 2. The van der Waals surface area contributed by atoms with E-state index in [1.807, 2.05) is 29.7 Å². The van der Waals surface area contributed by atoms with Gasteiger partial charge in [0.25, 0.3) is 5.91 Å². The predicted molar refractivity (Wildman–Crippen MR) is 101 cm³/mol. The average Bonchev–Trinajstić information content (AvgIpc) is 2.96. The minimum Gasteiger partial charge on any atom is -0.497 e.